The van der Waals surface area contributed by atoms with Gasteiger partial charge in [0, 0.05) is 19.3 Å². The Morgan fingerprint density at radius 2 is 2.50 bits per heavy atom. The van der Waals surface area contributed by atoms with E-state index in [1.165, 1.54) is 25.0 Å². The average Bonchev–Trinajstić information content (AvgIpc) is 2.53. The highest BCUT2D eigenvalue weighted by Crippen LogP contribution is 2.21. The standard InChI is InChI=1S/C9H15N3/c1-12-9(5-7-11-12)8-4-2-3-6-10-8/h5,7-8,10H,2-4,6H2,1H3/t8-/m0/s1. The first-order valence-corrected chi connectivity index (χ1v) is 4.59. The summed E-state index contributed by atoms with van der Waals surface area (Å²) in [5.41, 5.74) is 1.31. The van der Waals surface area contributed by atoms with Crippen LogP contribution in [0.3, 0.4) is 0 Å². The molecule has 3 heteroatoms. The van der Waals surface area contributed by atoms with Gasteiger partial charge in [-0.25, -0.2) is 0 Å². The highest BCUT2D eigenvalue weighted by molar-refractivity contribution is 5.07. The van der Waals surface area contributed by atoms with E-state index < -0.39 is 0 Å². The molecule has 1 aromatic heterocycles. The van der Waals surface area contributed by atoms with Gasteiger partial charge in [0.25, 0.3) is 0 Å². The van der Waals surface area contributed by atoms with Gasteiger partial charge in [-0.15, -0.1) is 0 Å². The molecule has 1 saturated heterocycles. The van der Waals surface area contributed by atoms with Gasteiger partial charge in [-0.05, 0) is 25.5 Å². The number of aromatic nitrogens is 2. The van der Waals surface area contributed by atoms with E-state index in [4.69, 9.17) is 0 Å². The van der Waals surface area contributed by atoms with E-state index in [9.17, 15) is 0 Å². The molecule has 0 aromatic carbocycles. The van der Waals surface area contributed by atoms with Crippen molar-refractivity contribution in [2.24, 2.45) is 7.05 Å². The van der Waals surface area contributed by atoms with Crippen molar-refractivity contribution in [3.8, 4) is 0 Å². The van der Waals surface area contributed by atoms with Gasteiger partial charge in [0.2, 0.25) is 0 Å². The SMILES string of the molecule is Cn1nccc1[C@@H]1CCCCN1. The van der Waals surface area contributed by atoms with Crippen LogP contribution < -0.4 is 5.32 Å². The molecule has 3 nitrogen and oxygen atoms in total. The molecule has 1 aromatic rings. The number of nitrogens with one attached hydrogen (secondary N) is 1. The quantitative estimate of drug-likeness (QED) is 0.678. The second-order valence-electron chi connectivity index (χ2n) is 3.38. The maximum Gasteiger partial charge on any atom is 0.0550 e. The number of hydrogen-bond donors (Lipinski definition) is 1. The molecule has 1 atom stereocenters. The fraction of sp³-hybridized carbons (Fsp3) is 0.667. The minimum Gasteiger partial charge on any atom is -0.309 e. The molecule has 0 spiro atoms. The van der Waals surface area contributed by atoms with E-state index in [1.807, 2.05) is 17.9 Å². The van der Waals surface area contributed by atoms with Gasteiger partial charge in [-0.2, -0.15) is 5.10 Å². The summed E-state index contributed by atoms with van der Waals surface area (Å²) in [6, 6.07) is 2.63. The molecule has 2 rings (SSSR count). The summed E-state index contributed by atoms with van der Waals surface area (Å²) in [5.74, 6) is 0. The van der Waals surface area contributed by atoms with Crippen LogP contribution in [0.1, 0.15) is 31.0 Å². The average molecular weight is 165 g/mol. The van der Waals surface area contributed by atoms with Crippen LogP contribution in [-0.2, 0) is 7.05 Å². The Bertz CT molecular complexity index is 248. The molecule has 1 fully saturated rings. The van der Waals surface area contributed by atoms with Crippen LogP contribution in [0.2, 0.25) is 0 Å². The van der Waals surface area contributed by atoms with Crippen molar-refractivity contribution in [2.75, 3.05) is 6.54 Å². The summed E-state index contributed by atoms with van der Waals surface area (Å²) in [5, 5.41) is 7.67. The Balaban J connectivity index is 2.13. The second kappa shape index (κ2) is 3.27. The lowest BCUT2D eigenvalue weighted by Crippen LogP contribution is -2.28. The summed E-state index contributed by atoms with van der Waals surface area (Å²) < 4.78 is 1.96. The van der Waals surface area contributed by atoms with E-state index >= 15 is 0 Å². The van der Waals surface area contributed by atoms with Crippen LogP contribution in [0.4, 0.5) is 0 Å². The lowest BCUT2D eigenvalue weighted by Gasteiger charge is -2.23. The molecule has 66 valence electrons. The van der Waals surface area contributed by atoms with Gasteiger partial charge in [-0.1, -0.05) is 6.42 Å². The maximum absolute atomic E-state index is 4.17. The van der Waals surface area contributed by atoms with Crippen molar-refractivity contribution in [3.05, 3.63) is 18.0 Å². The highest BCUT2D eigenvalue weighted by Gasteiger charge is 2.16. The summed E-state index contributed by atoms with van der Waals surface area (Å²) in [7, 11) is 2.01. The van der Waals surface area contributed by atoms with Crippen LogP contribution in [0.5, 0.6) is 0 Å². The van der Waals surface area contributed by atoms with Crippen molar-refractivity contribution < 1.29 is 0 Å². The molecule has 12 heavy (non-hydrogen) atoms. The second-order valence-corrected chi connectivity index (χ2v) is 3.38. The Morgan fingerprint density at radius 3 is 3.08 bits per heavy atom. The van der Waals surface area contributed by atoms with Gasteiger partial charge in [0.05, 0.1) is 5.69 Å². The molecule has 1 N–H and O–H groups in total. The highest BCUT2D eigenvalue weighted by atomic mass is 15.3. The van der Waals surface area contributed by atoms with E-state index in [0.29, 0.717) is 6.04 Å². The van der Waals surface area contributed by atoms with Crippen LogP contribution in [0.15, 0.2) is 12.3 Å². The summed E-state index contributed by atoms with van der Waals surface area (Å²) in [6.07, 6.45) is 5.77. The molecule has 0 bridgehead atoms. The zero-order valence-corrected chi connectivity index (χ0v) is 7.45. The summed E-state index contributed by atoms with van der Waals surface area (Å²) >= 11 is 0. The maximum atomic E-state index is 4.17. The molecule has 0 saturated carbocycles. The summed E-state index contributed by atoms with van der Waals surface area (Å²) in [4.78, 5) is 0. The number of nitrogens with zero attached hydrogens (tertiary/aromatic N) is 2. The van der Waals surface area contributed by atoms with Gasteiger partial charge >= 0.3 is 0 Å². The normalized spacial score (nSPS) is 24.2. The van der Waals surface area contributed by atoms with Crippen molar-refractivity contribution in [1.82, 2.24) is 15.1 Å². The molecule has 1 aliphatic rings. The monoisotopic (exact) mass is 165 g/mol. The fourth-order valence-electron chi connectivity index (χ4n) is 1.83. The largest absolute Gasteiger partial charge is 0.309 e. The van der Waals surface area contributed by atoms with Crippen LogP contribution in [0, 0.1) is 0 Å². The minimum absolute atomic E-state index is 0.534. The van der Waals surface area contributed by atoms with E-state index in [0.717, 1.165) is 6.54 Å². The molecule has 0 aliphatic carbocycles. The van der Waals surface area contributed by atoms with Crippen molar-refractivity contribution >= 4 is 0 Å². The molecule has 1 aliphatic heterocycles. The number of piperidine rings is 1. The lowest BCUT2D eigenvalue weighted by molar-refractivity contribution is 0.394. The molecule has 0 unspecified atom stereocenters. The van der Waals surface area contributed by atoms with E-state index in [-0.39, 0.29) is 0 Å². The number of aryl methyl sites for hydroxylation is 1. The fourth-order valence-corrected chi connectivity index (χ4v) is 1.83. The topological polar surface area (TPSA) is 29.9 Å². The number of rotatable bonds is 1. The van der Waals surface area contributed by atoms with Crippen molar-refractivity contribution in [1.29, 1.82) is 0 Å². The van der Waals surface area contributed by atoms with Crippen LogP contribution >= 0.6 is 0 Å². The first-order chi connectivity index (χ1) is 5.88. The lowest BCUT2D eigenvalue weighted by atomic mass is 10.0. The minimum atomic E-state index is 0.534. The predicted molar refractivity (Wildman–Crippen MR) is 47.8 cm³/mol. The van der Waals surface area contributed by atoms with Crippen molar-refractivity contribution in [3.63, 3.8) is 0 Å². The molecular weight excluding hydrogens is 150 g/mol. The van der Waals surface area contributed by atoms with E-state index in [1.54, 1.807) is 0 Å². The Hall–Kier alpha value is -0.830. The third-order valence-electron chi connectivity index (χ3n) is 2.53. The Morgan fingerprint density at radius 1 is 1.58 bits per heavy atom. The van der Waals surface area contributed by atoms with Gasteiger partial charge in [0.15, 0.2) is 0 Å². The predicted octanol–water partition coefficient (Wildman–Crippen LogP) is 1.23. The van der Waals surface area contributed by atoms with Gasteiger partial charge in [0.1, 0.15) is 0 Å². The van der Waals surface area contributed by atoms with Gasteiger partial charge in [-0.3, -0.25) is 4.68 Å². The molecular formula is C9H15N3. The summed E-state index contributed by atoms with van der Waals surface area (Å²) in [6.45, 7) is 1.15. The Kier molecular flexibility index (Phi) is 2.13. The third kappa shape index (κ3) is 1.37. The van der Waals surface area contributed by atoms with Gasteiger partial charge < -0.3 is 5.32 Å². The smallest absolute Gasteiger partial charge is 0.0550 e. The molecule has 0 amide bonds. The third-order valence-corrected chi connectivity index (χ3v) is 2.53. The molecule has 0 radical (unpaired) electrons. The zero-order valence-electron chi connectivity index (χ0n) is 7.45. The zero-order chi connectivity index (χ0) is 8.39. The first-order valence-electron chi connectivity index (χ1n) is 4.59. The van der Waals surface area contributed by atoms with Crippen LogP contribution in [-0.4, -0.2) is 16.3 Å². The first kappa shape index (κ1) is 7.80. The molecule has 2 heterocycles. The number of hydrogen-bond acceptors (Lipinski definition) is 2. The van der Waals surface area contributed by atoms with E-state index in [2.05, 4.69) is 16.5 Å². The van der Waals surface area contributed by atoms with Crippen molar-refractivity contribution in [2.45, 2.75) is 25.3 Å². The van der Waals surface area contributed by atoms with Crippen LogP contribution in [0.25, 0.3) is 0 Å². The Labute approximate surface area is 72.8 Å².